The van der Waals surface area contributed by atoms with Gasteiger partial charge in [-0.25, -0.2) is 0 Å². The molecule has 0 aliphatic carbocycles. The fourth-order valence-corrected chi connectivity index (χ4v) is 4.40. The zero-order valence-electron chi connectivity index (χ0n) is 11.9. The van der Waals surface area contributed by atoms with Crippen LogP contribution in [-0.4, -0.2) is 36.5 Å². The summed E-state index contributed by atoms with van der Waals surface area (Å²) in [6.45, 7) is 0. The van der Waals surface area contributed by atoms with Crippen LogP contribution >= 0.6 is 46.4 Å². The SMILES string of the molecule is O=S(=O)(O)c1c(CCCl)cc(CCCl)c(CCCl)c1CCCl. The van der Waals surface area contributed by atoms with Crippen molar-refractivity contribution in [2.75, 3.05) is 23.5 Å². The lowest BCUT2D eigenvalue weighted by molar-refractivity contribution is 0.481. The van der Waals surface area contributed by atoms with E-state index in [1.807, 2.05) is 0 Å². The smallest absolute Gasteiger partial charge is 0.282 e. The summed E-state index contributed by atoms with van der Waals surface area (Å²) in [5, 5.41) is 0. The van der Waals surface area contributed by atoms with Crippen molar-refractivity contribution < 1.29 is 13.0 Å². The van der Waals surface area contributed by atoms with Crippen molar-refractivity contribution in [1.82, 2.24) is 0 Å². The molecule has 0 aromatic heterocycles. The van der Waals surface area contributed by atoms with Crippen LogP contribution < -0.4 is 0 Å². The standard InChI is InChI=1S/C14H18Cl4O3S/c15-5-1-10-9-11(2-6-16)14(22(19,20)21)13(4-8-18)12(10)3-7-17/h9H,1-8H2,(H,19,20,21). The molecule has 0 amide bonds. The zero-order valence-corrected chi connectivity index (χ0v) is 15.8. The molecule has 0 aliphatic rings. The molecule has 0 saturated carbocycles. The predicted molar refractivity (Wildman–Crippen MR) is 94.0 cm³/mol. The highest BCUT2D eigenvalue weighted by atomic mass is 35.5. The number of alkyl halides is 4. The van der Waals surface area contributed by atoms with Crippen molar-refractivity contribution in [3.05, 3.63) is 28.3 Å². The van der Waals surface area contributed by atoms with Gasteiger partial charge in [0.25, 0.3) is 10.1 Å². The first-order valence-electron chi connectivity index (χ1n) is 6.78. The Morgan fingerprint density at radius 2 is 1.23 bits per heavy atom. The second-order valence-electron chi connectivity index (χ2n) is 4.71. The lowest BCUT2D eigenvalue weighted by Crippen LogP contribution is -2.15. The summed E-state index contributed by atoms with van der Waals surface area (Å²) in [5.74, 6) is 1.23. The van der Waals surface area contributed by atoms with Gasteiger partial charge >= 0.3 is 0 Å². The minimum Gasteiger partial charge on any atom is -0.282 e. The van der Waals surface area contributed by atoms with Gasteiger partial charge in [0.05, 0.1) is 0 Å². The van der Waals surface area contributed by atoms with E-state index in [0.717, 1.165) is 11.1 Å². The van der Waals surface area contributed by atoms with Gasteiger partial charge in [-0.2, -0.15) is 8.42 Å². The molecule has 0 radical (unpaired) electrons. The van der Waals surface area contributed by atoms with Gasteiger partial charge in [0, 0.05) is 23.5 Å². The Morgan fingerprint density at radius 1 is 0.773 bits per heavy atom. The summed E-state index contributed by atoms with van der Waals surface area (Å²) in [5.41, 5.74) is 2.77. The van der Waals surface area contributed by atoms with Crippen LogP contribution in [0.1, 0.15) is 22.3 Å². The molecule has 22 heavy (non-hydrogen) atoms. The average molecular weight is 408 g/mol. The molecular weight excluding hydrogens is 390 g/mol. The molecule has 1 aromatic rings. The van der Waals surface area contributed by atoms with Crippen LogP contribution in [0.25, 0.3) is 0 Å². The largest absolute Gasteiger partial charge is 0.295 e. The monoisotopic (exact) mass is 406 g/mol. The highest BCUT2D eigenvalue weighted by molar-refractivity contribution is 7.86. The Labute approximate surface area is 151 Å². The van der Waals surface area contributed by atoms with Gasteiger partial charge in [0.15, 0.2) is 0 Å². The molecule has 0 spiro atoms. The molecular formula is C14H18Cl4O3S. The quantitative estimate of drug-likeness (QED) is 0.496. The minimum atomic E-state index is -4.37. The molecule has 1 rings (SSSR count). The van der Waals surface area contributed by atoms with Crippen LogP contribution in [0.15, 0.2) is 11.0 Å². The van der Waals surface area contributed by atoms with Crippen LogP contribution in [0.4, 0.5) is 0 Å². The average Bonchev–Trinajstić information content (AvgIpc) is 2.42. The first-order chi connectivity index (χ1) is 10.4. The van der Waals surface area contributed by atoms with E-state index in [9.17, 15) is 13.0 Å². The van der Waals surface area contributed by atoms with Gasteiger partial charge < -0.3 is 0 Å². The molecule has 0 bridgehead atoms. The number of benzene rings is 1. The number of hydrogen-bond donors (Lipinski definition) is 1. The number of hydrogen-bond acceptors (Lipinski definition) is 2. The van der Waals surface area contributed by atoms with Crippen molar-refractivity contribution in [2.45, 2.75) is 30.6 Å². The summed E-state index contributed by atoms with van der Waals surface area (Å²) in [4.78, 5) is -0.0766. The van der Waals surface area contributed by atoms with Gasteiger partial charge in [0.1, 0.15) is 4.90 Å². The third kappa shape index (κ3) is 5.15. The van der Waals surface area contributed by atoms with Gasteiger partial charge in [-0.05, 0) is 47.9 Å². The zero-order chi connectivity index (χ0) is 16.8. The normalized spacial score (nSPS) is 11.9. The number of halogens is 4. The molecule has 8 heteroatoms. The topological polar surface area (TPSA) is 54.4 Å². The van der Waals surface area contributed by atoms with Crippen LogP contribution in [0.3, 0.4) is 0 Å². The van der Waals surface area contributed by atoms with Gasteiger partial charge in [0.2, 0.25) is 0 Å². The Bertz CT molecular complexity index is 603. The first-order valence-corrected chi connectivity index (χ1v) is 10.4. The van der Waals surface area contributed by atoms with Crippen LogP contribution in [0.2, 0.25) is 0 Å². The van der Waals surface area contributed by atoms with E-state index in [0.29, 0.717) is 48.6 Å². The fourth-order valence-electron chi connectivity index (χ4n) is 2.59. The van der Waals surface area contributed by atoms with E-state index in [2.05, 4.69) is 0 Å². The molecule has 0 atom stereocenters. The van der Waals surface area contributed by atoms with Crippen LogP contribution in [-0.2, 0) is 35.8 Å². The molecule has 1 N–H and O–H groups in total. The van der Waals surface area contributed by atoms with Crippen molar-refractivity contribution in [2.24, 2.45) is 0 Å². The highest BCUT2D eigenvalue weighted by Crippen LogP contribution is 2.30. The lowest BCUT2D eigenvalue weighted by Gasteiger charge is -2.20. The van der Waals surface area contributed by atoms with Crippen molar-refractivity contribution >= 4 is 56.5 Å². The third-order valence-electron chi connectivity index (χ3n) is 3.34. The summed E-state index contributed by atoms with van der Waals surface area (Å²) in [7, 11) is -4.37. The van der Waals surface area contributed by atoms with E-state index >= 15 is 0 Å². The summed E-state index contributed by atoms with van der Waals surface area (Å²) < 4.78 is 33.4. The Morgan fingerprint density at radius 3 is 1.68 bits per heavy atom. The summed E-state index contributed by atoms with van der Waals surface area (Å²) in [6.07, 6.45) is 1.74. The molecule has 126 valence electrons. The molecule has 0 aliphatic heterocycles. The number of rotatable bonds is 9. The van der Waals surface area contributed by atoms with E-state index in [-0.39, 0.29) is 16.7 Å². The Balaban J connectivity index is 3.72. The second-order valence-corrected chi connectivity index (χ2v) is 7.58. The molecule has 0 fully saturated rings. The molecule has 0 unspecified atom stereocenters. The second kappa shape index (κ2) is 9.55. The molecule has 3 nitrogen and oxygen atoms in total. The van der Waals surface area contributed by atoms with Crippen molar-refractivity contribution in [1.29, 1.82) is 0 Å². The minimum absolute atomic E-state index is 0.0766. The predicted octanol–water partition coefficient (Wildman–Crippen LogP) is 4.06. The van der Waals surface area contributed by atoms with Gasteiger partial charge in [-0.1, -0.05) is 6.07 Å². The third-order valence-corrected chi connectivity index (χ3v) is 5.12. The lowest BCUT2D eigenvalue weighted by atomic mass is 9.92. The molecule has 1 aromatic carbocycles. The van der Waals surface area contributed by atoms with E-state index < -0.39 is 10.1 Å². The molecule has 0 saturated heterocycles. The van der Waals surface area contributed by atoms with E-state index in [1.54, 1.807) is 6.07 Å². The maximum atomic E-state index is 11.9. The van der Waals surface area contributed by atoms with E-state index in [1.165, 1.54) is 0 Å². The fraction of sp³-hybridized carbons (Fsp3) is 0.571. The van der Waals surface area contributed by atoms with Crippen molar-refractivity contribution in [3.8, 4) is 0 Å². The summed E-state index contributed by atoms with van der Waals surface area (Å²) >= 11 is 23.3. The summed E-state index contributed by atoms with van der Waals surface area (Å²) in [6, 6.07) is 1.76. The van der Waals surface area contributed by atoms with Gasteiger partial charge in [-0.3, -0.25) is 4.55 Å². The first kappa shape index (κ1) is 20.3. The maximum absolute atomic E-state index is 11.9. The maximum Gasteiger partial charge on any atom is 0.295 e. The molecule has 0 heterocycles. The Hall–Kier alpha value is 0.290. The Kier molecular flexibility index (Phi) is 8.83. The van der Waals surface area contributed by atoms with Crippen LogP contribution in [0, 0.1) is 0 Å². The van der Waals surface area contributed by atoms with Crippen LogP contribution in [0.5, 0.6) is 0 Å². The van der Waals surface area contributed by atoms with Gasteiger partial charge in [-0.15, -0.1) is 46.4 Å². The van der Waals surface area contributed by atoms with E-state index in [4.69, 9.17) is 46.4 Å². The highest BCUT2D eigenvalue weighted by Gasteiger charge is 2.24. The van der Waals surface area contributed by atoms with Crippen molar-refractivity contribution in [3.63, 3.8) is 0 Å². The number of aryl methyl sites for hydroxylation is 2.